The molecule has 0 aliphatic carbocycles. The SMILES string of the molecule is CCN(CC)CCCOc1cccc2c1CCN(CC(=O)N1c3ccccc3C(=O)Nc3cccnc31)C2. The Balaban J connectivity index is 1.29. The van der Waals surface area contributed by atoms with Crippen LogP contribution in [-0.2, 0) is 17.8 Å². The predicted molar refractivity (Wildman–Crippen MR) is 149 cm³/mol. The third kappa shape index (κ3) is 5.42. The van der Waals surface area contributed by atoms with Crippen LogP contribution in [0.3, 0.4) is 0 Å². The van der Waals surface area contributed by atoms with Crippen LogP contribution in [0.1, 0.15) is 41.8 Å². The van der Waals surface area contributed by atoms with Gasteiger partial charge in [-0.3, -0.25) is 19.4 Å². The molecule has 0 atom stereocenters. The summed E-state index contributed by atoms with van der Waals surface area (Å²) in [7, 11) is 0. The number of fused-ring (bicyclic) bond motifs is 3. The van der Waals surface area contributed by atoms with Gasteiger partial charge in [0.15, 0.2) is 5.82 Å². The van der Waals surface area contributed by atoms with Crippen molar-refractivity contribution in [3.63, 3.8) is 0 Å². The van der Waals surface area contributed by atoms with Gasteiger partial charge in [0.25, 0.3) is 5.91 Å². The lowest BCUT2D eigenvalue weighted by Gasteiger charge is -2.31. The highest BCUT2D eigenvalue weighted by atomic mass is 16.5. The number of carbonyl (C=O) groups is 2. The highest BCUT2D eigenvalue weighted by molar-refractivity contribution is 6.17. The van der Waals surface area contributed by atoms with Gasteiger partial charge in [0, 0.05) is 25.8 Å². The maximum Gasteiger partial charge on any atom is 0.257 e. The molecule has 198 valence electrons. The van der Waals surface area contributed by atoms with Gasteiger partial charge >= 0.3 is 0 Å². The Bertz CT molecular complexity index is 1310. The van der Waals surface area contributed by atoms with Crippen molar-refractivity contribution in [2.45, 2.75) is 33.2 Å². The van der Waals surface area contributed by atoms with Gasteiger partial charge in [-0.05, 0) is 67.4 Å². The van der Waals surface area contributed by atoms with Gasteiger partial charge in [-0.2, -0.15) is 0 Å². The summed E-state index contributed by atoms with van der Waals surface area (Å²) in [6, 6.07) is 16.9. The first-order chi connectivity index (χ1) is 18.6. The molecule has 2 amide bonds. The van der Waals surface area contributed by atoms with Crippen molar-refractivity contribution in [3.8, 4) is 5.75 Å². The highest BCUT2D eigenvalue weighted by Crippen LogP contribution is 2.36. The molecule has 5 rings (SSSR count). The van der Waals surface area contributed by atoms with Crippen LogP contribution in [-0.4, -0.2) is 65.9 Å². The lowest BCUT2D eigenvalue weighted by Crippen LogP contribution is -2.41. The van der Waals surface area contributed by atoms with Gasteiger partial charge in [0.1, 0.15) is 5.75 Å². The molecule has 3 heterocycles. The molecule has 0 saturated carbocycles. The van der Waals surface area contributed by atoms with Crippen LogP contribution in [0.4, 0.5) is 17.2 Å². The van der Waals surface area contributed by atoms with Crippen molar-refractivity contribution in [1.29, 1.82) is 0 Å². The van der Waals surface area contributed by atoms with E-state index in [1.165, 1.54) is 11.1 Å². The van der Waals surface area contributed by atoms with E-state index in [0.29, 0.717) is 35.9 Å². The number of carbonyl (C=O) groups excluding carboxylic acids is 2. The molecule has 8 heteroatoms. The van der Waals surface area contributed by atoms with Gasteiger partial charge in [-0.25, -0.2) is 4.98 Å². The second-order valence-electron chi connectivity index (χ2n) is 9.66. The maximum absolute atomic E-state index is 13.8. The Kier molecular flexibility index (Phi) is 8.00. The van der Waals surface area contributed by atoms with Crippen molar-refractivity contribution >= 4 is 29.0 Å². The average Bonchev–Trinajstić information content (AvgIpc) is 3.06. The number of para-hydroxylation sites is 1. The lowest BCUT2D eigenvalue weighted by molar-refractivity contribution is -0.119. The molecule has 1 N–H and O–H groups in total. The van der Waals surface area contributed by atoms with Crippen LogP contribution in [0, 0.1) is 0 Å². The molecular weight excluding hydrogens is 478 g/mol. The van der Waals surface area contributed by atoms with Crippen molar-refractivity contribution in [1.82, 2.24) is 14.8 Å². The molecule has 8 nitrogen and oxygen atoms in total. The number of nitrogens with one attached hydrogen (secondary N) is 1. The molecule has 38 heavy (non-hydrogen) atoms. The van der Waals surface area contributed by atoms with Crippen molar-refractivity contribution in [2.24, 2.45) is 0 Å². The second kappa shape index (κ2) is 11.8. The normalized spacial score (nSPS) is 14.8. The highest BCUT2D eigenvalue weighted by Gasteiger charge is 2.31. The third-order valence-corrected chi connectivity index (χ3v) is 7.32. The largest absolute Gasteiger partial charge is 0.493 e. The van der Waals surface area contributed by atoms with Gasteiger partial charge in [0.05, 0.1) is 30.1 Å². The fraction of sp³-hybridized carbons (Fsp3) is 0.367. The van der Waals surface area contributed by atoms with Gasteiger partial charge in [-0.1, -0.05) is 38.1 Å². The third-order valence-electron chi connectivity index (χ3n) is 7.32. The zero-order chi connectivity index (χ0) is 26.5. The van der Waals surface area contributed by atoms with Crippen LogP contribution in [0.15, 0.2) is 60.8 Å². The van der Waals surface area contributed by atoms with E-state index in [0.717, 1.165) is 44.8 Å². The monoisotopic (exact) mass is 513 g/mol. The number of amides is 2. The molecule has 1 aromatic heterocycles. The summed E-state index contributed by atoms with van der Waals surface area (Å²) in [5.74, 6) is 1.02. The minimum Gasteiger partial charge on any atom is -0.493 e. The molecule has 0 saturated heterocycles. The van der Waals surface area contributed by atoms with E-state index in [1.807, 2.05) is 12.1 Å². The summed E-state index contributed by atoms with van der Waals surface area (Å²) in [5.41, 5.74) is 3.95. The number of nitrogens with zero attached hydrogens (tertiary/aromatic N) is 4. The first-order valence-electron chi connectivity index (χ1n) is 13.5. The van der Waals surface area contributed by atoms with E-state index in [9.17, 15) is 9.59 Å². The van der Waals surface area contributed by atoms with Crippen LogP contribution >= 0.6 is 0 Å². The number of anilines is 3. The van der Waals surface area contributed by atoms with E-state index in [1.54, 1.807) is 41.4 Å². The molecule has 0 fully saturated rings. The zero-order valence-corrected chi connectivity index (χ0v) is 22.2. The number of benzene rings is 2. The van der Waals surface area contributed by atoms with E-state index >= 15 is 0 Å². The van der Waals surface area contributed by atoms with E-state index in [4.69, 9.17) is 4.74 Å². The minimum atomic E-state index is -0.248. The predicted octanol–water partition coefficient (Wildman–Crippen LogP) is 4.48. The molecule has 0 bridgehead atoms. The fourth-order valence-corrected chi connectivity index (χ4v) is 5.26. The summed E-state index contributed by atoms with van der Waals surface area (Å²) in [4.78, 5) is 37.2. The molecule has 3 aromatic rings. The smallest absolute Gasteiger partial charge is 0.257 e. The quantitative estimate of drug-likeness (QED) is 0.425. The topological polar surface area (TPSA) is 78.0 Å². The average molecular weight is 514 g/mol. The molecule has 2 aliphatic heterocycles. The summed E-state index contributed by atoms with van der Waals surface area (Å²) < 4.78 is 6.19. The summed E-state index contributed by atoms with van der Waals surface area (Å²) >= 11 is 0. The number of hydrogen-bond donors (Lipinski definition) is 1. The molecule has 2 aromatic carbocycles. The van der Waals surface area contributed by atoms with Crippen LogP contribution < -0.4 is 15.0 Å². The maximum atomic E-state index is 13.8. The Morgan fingerprint density at radius 2 is 1.92 bits per heavy atom. The molecular formula is C30H35N5O3. The standard InChI is InChI=1S/C30H35N5O3/c1-3-33(4-2)17-9-19-38-27-14-7-10-22-20-34(18-15-23(22)27)21-28(36)35-26-13-6-5-11-24(26)30(37)32-25-12-8-16-31-29(25)35/h5-8,10-14,16H,3-4,9,15,17-21H2,1-2H3,(H,32,37). The van der Waals surface area contributed by atoms with Gasteiger partial charge in [0.2, 0.25) is 5.91 Å². The Morgan fingerprint density at radius 1 is 1.08 bits per heavy atom. The Hall–Kier alpha value is -3.75. The van der Waals surface area contributed by atoms with Crippen LogP contribution in [0.25, 0.3) is 0 Å². The number of aromatic nitrogens is 1. The lowest BCUT2D eigenvalue weighted by atomic mass is 9.98. The molecule has 0 spiro atoms. The van der Waals surface area contributed by atoms with Crippen LogP contribution in [0.2, 0.25) is 0 Å². The summed E-state index contributed by atoms with van der Waals surface area (Å²) in [5, 5.41) is 2.89. The number of hydrogen-bond acceptors (Lipinski definition) is 6. The molecule has 2 aliphatic rings. The van der Waals surface area contributed by atoms with E-state index < -0.39 is 0 Å². The molecule has 0 unspecified atom stereocenters. The van der Waals surface area contributed by atoms with E-state index in [2.05, 4.69) is 46.1 Å². The van der Waals surface area contributed by atoms with Gasteiger partial charge < -0.3 is 15.0 Å². The van der Waals surface area contributed by atoms with Gasteiger partial charge in [-0.15, -0.1) is 0 Å². The number of pyridine rings is 1. The Labute approximate surface area is 224 Å². The van der Waals surface area contributed by atoms with Crippen molar-refractivity contribution in [2.75, 3.05) is 49.5 Å². The van der Waals surface area contributed by atoms with Crippen molar-refractivity contribution < 1.29 is 14.3 Å². The zero-order valence-electron chi connectivity index (χ0n) is 22.2. The van der Waals surface area contributed by atoms with E-state index in [-0.39, 0.29) is 18.4 Å². The summed E-state index contributed by atoms with van der Waals surface area (Å²) in [6.45, 7) is 9.86. The van der Waals surface area contributed by atoms with Crippen LogP contribution in [0.5, 0.6) is 5.75 Å². The number of ether oxygens (including phenoxy) is 1. The summed E-state index contributed by atoms with van der Waals surface area (Å²) in [6.07, 6.45) is 3.45. The fourth-order valence-electron chi connectivity index (χ4n) is 5.26. The first-order valence-corrected chi connectivity index (χ1v) is 13.5. The van der Waals surface area contributed by atoms with Crippen molar-refractivity contribution in [3.05, 3.63) is 77.5 Å². The minimum absolute atomic E-state index is 0.124. The first kappa shape index (κ1) is 25.9. The molecule has 0 radical (unpaired) electrons. The number of rotatable bonds is 9. The Morgan fingerprint density at radius 3 is 2.76 bits per heavy atom. The second-order valence-corrected chi connectivity index (χ2v) is 9.66.